The first-order chi connectivity index (χ1) is 5.21. The molecule has 0 aromatic heterocycles. The van der Waals surface area contributed by atoms with Gasteiger partial charge in [0.25, 0.3) is 0 Å². The first kappa shape index (κ1) is 7.97. The van der Waals surface area contributed by atoms with E-state index in [9.17, 15) is 0 Å². The van der Waals surface area contributed by atoms with E-state index in [1.165, 1.54) is 31.4 Å². The quantitative estimate of drug-likeness (QED) is 0.537. The molecule has 0 spiro atoms. The van der Waals surface area contributed by atoms with Crippen LogP contribution >= 0.6 is 11.8 Å². The lowest BCUT2D eigenvalue weighted by molar-refractivity contribution is 0.223. The molecule has 3 unspecified atom stereocenters. The lowest BCUT2D eigenvalue weighted by atomic mass is 9.74. The van der Waals surface area contributed by atoms with E-state index in [0.717, 1.165) is 11.8 Å². The van der Waals surface area contributed by atoms with Gasteiger partial charge in [0.05, 0.1) is 0 Å². The fourth-order valence-corrected chi connectivity index (χ4v) is 4.25. The van der Waals surface area contributed by atoms with E-state index in [-0.39, 0.29) is 0 Å². The van der Waals surface area contributed by atoms with E-state index in [0.29, 0.717) is 4.75 Å². The van der Waals surface area contributed by atoms with Crippen LogP contribution in [0.1, 0.15) is 39.5 Å². The Hall–Kier alpha value is 0.350. The van der Waals surface area contributed by atoms with Crippen molar-refractivity contribution in [1.82, 2.24) is 0 Å². The Morgan fingerprint density at radius 3 is 2.82 bits per heavy atom. The topological polar surface area (TPSA) is 0 Å². The van der Waals surface area contributed by atoms with Crippen molar-refractivity contribution in [2.45, 2.75) is 44.3 Å². The summed E-state index contributed by atoms with van der Waals surface area (Å²) in [6.45, 7) is 4.92. The summed E-state index contributed by atoms with van der Waals surface area (Å²) in [6.07, 6.45) is 5.98. The molecule has 3 atom stereocenters. The van der Waals surface area contributed by atoms with Crippen LogP contribution < -0.4 is 0 Å². The van der Waals surface area contributed by atoms with E-state index in [1.54, 1.807) is 0 Å². The minimum Gasteiger partial charge on any atom is -0.155 e. The van der Waals surface area contributed by atoms with Crippen LogP contribution in [0, 0.1) is 11.8 Å². The molecule has 0 aromatic rings. The lowest BCUT2D eigenvalue weighted by Gasteiger charge is -2.46. The summed E-state index contributed by atoms with van der Waals surface area (Å²) >= 11 is 2.23. The highest BCUT2D eigenvalue weighted by Gasteiger charge is 2.40. The van der Waals surface area contributed by atoms with Crippen molar-refractivity contribution in [3.8, 4) is 0 Å². The monoisotopic (exact) mass is 170 g/mol. The molecule has 2 fully saturated rings. The molecule has 1 heteroatoms. The first-order valence-corrected chi connectivity index (χ1v) is 5.83. The fraction of sp³-hybridized carbons (Fsp3) is 1.00. The van der Waals surface area contributed by atoms with Gasteiger partial charge >= 0.3 is 0 Å². The van der Waals surface area contributed by atoms with Crippen molar-refractivity contribution in [2.24, 2.45) is 11.8 Å². The molecule has 0 aromatic carbocycles. The zero-order valence-corrected chi connectivity index (χ0v) is 8.41. The molecule has 1 aliphatic heterocycles. The molecule has 0 nitrogen and oxygen atoms in total. The van der Waals surface area contributed by atoms with Gasteiger partial charge in [-0.05, 0) is 36.9 Å². The van der Waals surface area contributed by atoms with Gasteiger partial charge in [0.2, 0.25) is 0 Å². The summed E-state index contributed by atoms with van der Waals surface area (Å²) in [5.41, 5.74) is 0. The lowest BCUT2D eigenvalue weighted by Crippen LogP contribution is -2.40. The maximum absolute atomic E-state index is 2.48. The SMILES string of the molecule is CC1CCC2CCSC1(C)C2. The standard InChI is InChI=1S/C10H18S/c1-8-3-4-9-5-6-11-10(8,2)7-9/h8-9H,3-7H2,1-2H3. The molecule has 1 saturated carbocycles. The number of hydrogen-bond donors (Lipinski definition) is 0. The van der Waals surface area contributed by atoms with E-state index < -0.39 is 0 Å². The second-order valence-electron chi connectivity index (χ2n) is 4.50. The molecule has 0 N–H and O–H groups in total. The molecule has 64 valence electrons. The van der Waals surface area contributed by atoms with Gasteiger partial charge in [-0.25, -0.2) is 0 Å². The number of thioether (sulfide) groups is 1. The molecule has 1 saturated heterocycles. The summed E-state index contributed by atoms with van der Waals surface area (Å²) in [5.74, 6) is 3.47. The van der Waals surface area contributed by atoms with Gasteiger partial charge in [-0.1, -0.05) is 20.3 Å². The highest BCUT2D eigenvalue weighted by molar-refractivity contribution is 8.00. The molecular formula is C10H18S. The van der Waals surface area contributed by atoms with Gasteiger partial charge in [0, 0.05) is 4.75 Å². The summed E-state index contributed by atoms with van der Waals surface area (Å²) in [5, 5.41) is 0. The average molecular weight is 170 g/mol. The molecule has 11 heavy (non-hydrogen) atoms. The van der Waals surface area contributed by atoms with Crippen LogP contribution in [0.15, 0.2) is 0 Å². The van der Waals surface area contributed by atoms with Crippen molar-refractivity contribution in [3.05, 3.63) is 0 Å². The zero-order valence-electron chi connectivity index (χ0n) is 7.60. The van der Waals surface area contributed by atoms with Crippen LogP contribution in [0.3, 0.4) is 0 Å². The van der Waals surface area contributed by atoms with Gasteiger partial charge in [-0.2, -0.15) is 11.8 Å². The van der Waals surface area contributed by atoms with Crippen LogP contribution in [-0.2, 0) is 0 Å². The van der Waals surface area contributed by atoms with Crippen molar-refractivity contribution < 1.29 is 0 Å². The zero-order chi connectivity index (χ0) is 7.90. The summed E-state index contributed by atoms with van der Waals surface area (Å²) in [7, 11) is 0. The molecule has 0 amide bonds. The third-order valence-corrected chi connectivity index (χ3v) is 5.37. The van der Waals surface area contributed by atoms with Crippen LogP contribution in [0.2, 0.25) is 0 Å². The predicted molar refractivity (Wildman–Crippen MR) is 52.0 cm³/mol. The minimum absolute atomic E-state index is 0.654. The van der Waals surface area contributed by atoms with E-state index in [2.05, 4.69) is 25.6 Å². The highest BCUT2D eigenvalue weighted by Crippen LogP contribution is 2.50. The van der Waals surface area contributed by atoms with Crippen molar-refractivity contribution in [1.29, 1.82) is 0 Å². The van der Waals surface area contributed by atoms with Crippen LogP contribution in [0.5, 0.6) is 0 Å². The maximum Gasteiger partial charge on any atom is 0.0160 e. The third-order valence-electron chi connectivity index (χ3n) is 3.70. The third kappa shape index (κ3) is 1.32. The Labute approximate surface area is 74.1 Å². The molecule has 1 heterocycles. The maximum atomic E-state index is 2.48. The van der Waals surface area contributed by atoms with Crippen LogP contribution in [0.25, 0.3) is 0 Å². The van der Waals surface area contributed by atoms with Crippen LogP contribution in [-0.4, -0.2) is 10.5 Å². The number of hydrogen-bond acceptors (Lipinski definition) is 1. The van der Waals surface area contributed by atoms with Gasteiger partial charge in [0.15, 0.2) is 0 Å². The molecule has 1 aliphatic carbocycles. The number of rotatable bonds is 0. The van der Waals surface area contributed by atoms with E-state index >= 15 is 0 Å². The summed E-state index contributed by atoms with van der Waals surface area (Å²) in [6, 6.07) is 0. The second kappa shape index (κ2) is 2.69. The molecule has 0 radical (unpaired) electrons. The Morgan fingerprint density at radius 2 is 2.09 bits per heavy atom. The number of fused-ring (bicyclic) bond motifs is 2. The Bertz CT molecular complexity index is 155. The van der Waals surface area contributed by atoms with Crippen LogP contribution in [0.4, 0.5) is 0 Å². The summed E-state index contributed by atoms with van der Waals surface area (Å²) < 4.78 is 0.654. The Morgan fingerprint density at radius 1 is 1.27 bits per heavy atom. The highest BCUT2D eigenvalue weighted by atomic mass is 32.2. The average Bonchev–Trinajstić information content (AvgIpc) is 1.98. The molecule has 2 aliphatic rings. The smallest absolute Gasteiger partial charge is 0.0160 e. The van der Waals surface area contributed by atoms with Gasteiger partial charge < -0.3 is 0 Å². The van der Waals surface area contributed by atoms with Gasteiger partial charge in [0.1, 0.15) is 0 Å². The van der Waals surface area contributed by atoms with E-state index in [1.807, 2.05) is 0 Å². The Kier molecular flexibility index (Phi) is 1.95. The molecule has 2 bridgehead atoms. The van der Waals surface area contributed by atoms with Crippen molar-refractivity contribution >= 4 is 11.8 Å². The van der Waals surface area contributed by atoms with Crippen molar-refractivity contribution in [2.75, 3.05) is 5.75 Å². The predicted octanol–water partition coefficient (Wildman–Crippen LogP) is 3.32. The normalized spacial score (nSPS) is 50.7. The van der Waals surface area contributed by atoms with E-state index in [4.69, 9.17) is 0 Å². The molecular weight excluding hydrogens is 152 g/mol. The van der Waals surface area contributed by atoms with Crippen molar-refractivity contribution in [3.63, 3.8) is 0 Å². The largest absolute Gasteiger partial charge is 0.155 e. The second-order valence-corrected chi connectivity index (χ2v) is 6.13. The minimum atomic E-state index is 0.654. The van der Waals surface area contributed by atoms with Gasteiger partial charge in [-0.3, -0.25) is 0 Å². The first-order valence-electron chi connectivity index (χ1n) is 4.85. The van der Waals surface area contributed by atoms with Gasteiger partial charge in [-0.15, -0.1) is 0 Å². The summed E-state index contributed by atoms with van der Waals surface area (Å²) in [4.78, 5) is 0. The molecule has 2 rings (SSSR count). The fourth-order valence-electron chi connectivity index (χ4n) is 2.57. The Balaban J connectivity index is 2.13.